The summed E-state index contributed by atoms with van der Waals surface area (Å²) in [5.41, 5.74) is 1.23. The third-order valence-electron chi connectivity index (χ3n) is 2.19. The van der Waals surface area contributed by atoms with Gasteiger partial charge in [-0.25, -0.2) is 0 Å². The largest absolute Gasteiger partial charge is 0.300 e. The molecule has 0 bridgehead atoms. The zero-order valence-electron chi connectivity index (χ0n) is 6.79. The lowest BCUT2D eigenvalue weighted by Crippen LogP contribution is -2.54. The molecule has 0 aliphatic carbocycles. The predicted molar refractivity (Wildman–Crippen MR) is 46.9 cm³/mol. The van der Waals surface area contributed by atoms with Gasteiger partial charge in [0.1, 0.15) is 0 Å². The Balaban J connectivity index is 2.00. The molecule has 1 N–H and O–H groups in total. The van der Waals surface area contributed by atoms with Crippen LogP contribution in [-0.2, 0) is 11.2 Å². The van der Waals surface area contributed by atoms with Gasteiger partial charge in [-0.3, -0.25) is 4.79 Å². The molecule has 2 heteroatoms. The van der Waals surface area contributed by atoms with Crippen molar-refractivity contribution in [3.63, 3.8) is 0 Å². The second-order valence-corrected chi connectivity index (χ2v) is 3.09. The number of carbonyl (C=O) groups is 1. The van der Waals surface area contributed by atoms with Gasteiger partial charge in [0.15, 0.2) is 5.78 Å². The van der Waals surface area contributed by atoms with Gasteiger partial charge in [0, 0.05) is 0 Å². The Hall–Kier alpha value is -1.15. The Labute approximate surface area is 71.6 Å². The van der Waals surface area contributed by atoms with E-state index in [9.17, 15) is 4.79 Å². The Kier molecular flexibility index (Phi) is 1.92. The van der Waals surface area contributed by atoms with Gasteiger partial charge in [-0.2, -0.15) is 0 Å². The standard InChI is InChI=1S/C10H11NO/c12-10-7-11-9(10)6-8-4-2-1-3-5-8/h1-5,9,11H,6-7H2. The maximum Gasteiger partial charge on any atom is 0.163 e. The fourth-order valence-corrected chi connectivity index (χ4v) is 1.37. The molecule has 1 atom stereocenters. The van der Waals surface area contributed by atoms with Crippen LogP contribution >= 0.6 is 0 Å². The molecular weight excluding hydrogens is 150 g/mol. The van der Waals surface area contributed by atoms with E-state index in [1.54, 1.807) is 0 Å². The lowest BCUT2D eigenvalue weighted by Gasteiger charge is -2.25. The molecule has 0 spiro atoms. The molecule has 1 saturated heterocycles. The summed E-state index contributed by atoms with van der Waals surface area (Å²) >= 11 is 0. The van der Waals surface area contributed by atoms with Gasteiger partial charge in [0.25, 0.3) is 0 Å². The topological polar surface area (TPSA) is 29.1 Å². The molecule has 1 fully saturated rings. The number of ketones is 1. The molecule has 2 nitrogen and oxygen atoms in total. The normalized spacial score (nSPS) is 22.0. The maximum absolute atomic E-state index is 11.0. The van der Waals surface area contributed by atoms with Crippen LogP contribution in [0.4, 0.5) is 0 Å². The van der Waals surface area contributed by atoms with Crippen LogP contribution in [0.2, 0.25) is 0 Å². The van der Waals surface area contributed by atoms with Crippen LogP contribution in [0.1, 0.15) is 5.56 Å². The van der Waals surface area contributed by atoms with Gasteiger partial charge in [0.2, 0.25) is 0 Å². The number of carbonyl (C=O) groups excluding carboxylic acids is 1. The van der Waals surface area contributed by atoms with Crippen LogP contribution < -0.4 is 5.32 Å². The van der Waals surface area contributed by atoms with Crippen LogP contribution in [0.25, 0.3) is 0 Å². The lowest BCUT2D eigenvalue weighted by molar-refractivity contribution is -0.125. The SMILES string of the molecule is O=C1CNC1Cc1ccccc1. The number of nitrogens with one attached hydrogen (secondary N) is 1. The molecule has 1 aliphatic heterocycles. The number of benzene rings is 1. The first-order valence-corrected chi connectivity index (χ1v) is 4.16. The zero-order chi connectivity index (χ0) is 8.39. The smallest absolute Gasteiger partial charge is 0.163 e. The minimum atomic E-state index is 0.0763. The molecule has 1 aromatic carbocycles. The highest BCUT2D eigenvalue weighted by molar-refractivity contribution is 5.91. The third kappa shape index (κ3) is 1.38. The monoisotopic (exact) mass is 161 g/mol. The summed E-state index contributed by atoms with van der Waals surface area (Å²) in [6.07, 6.45) is 0.833. The van der Waals surface area contributed by atoms with Crippen molar-refractivity contribution >= 4 is 5.78 Å². The van der Waals surface area contributed by atoms with Crippen LogP contribution in [0.5, 0.6) is 0 Å². The van der Waals surface area contributed by atoms with E-state index in [0.717, 1.165) is 6.42 Å². The average Bonchev–Trinajstić information content (AvgIpc) is 2.14. The second kappa shape index (κ2) is 3.07. The molecule has 1 aliphatic rings. The van der Waals surface area contributed by atoms with Crippen molar-refractivity contribution in [2.45, 2.75) is 12.5 Å². The van der Waals surface area contributed by atoms with Crippen LogP contribution in [-0.4, -0.2) is 18.4 Å². The van der Waals surface area contributed by atoms with Crippen molar-refractivity contribution in [2.24, 2.45) is 0 Å². The van der Waals surface area contributed by atoms with E-state index >= 15 is 0 Å². The number of Topliss-reactive ketones (excluding diaryl/α,β-unsaturated/α-hetero) is 1. The summed E-state index contributed by atoms with van der Waals surface area (Å²) in [5.74, 6) is 0.332. The van der Waals surface area contributed by atoms with Crippen molar-refractivity contribution in [1.82, 2.24) is 5.32 Å². The predicted octanol–water partition coefficient (Wildman–Crippen LogP) is 0.770. The summed E-state index contributed by atoms with van der Waals surface area (Å²) in [6.45, 7) is 0.553. The van der Waals surface area contributed by atoms with Gasteiger partial charge < -0.3 is 5.32 Å². The van der Waals surface area contributed by atoms with E-state index < -0.39 is 0 Å². The fraction of sp³-hybridized carbons (Fsp3) is 0.300. The summed E-state index contributed by atoms with van der Waals surface area (Å²) in [5, 5.41) is 3.09. The van der Waals surface area contributed by atoms with E-state index in [1.165, 1.54) is 5.56 Å². The first kappa shape index (κ1) is 7.50. The highest BCUT2D eigenvalue weighted by atomic mass is 16.1. The van der Waals surface area contributed by atoms with Gasteiger partial charge in [-0.05, 0) is 12.0 Å². The molecule has 1 heterocycles. The summed E-state index contributed by atoms with van der Waals surface area (Å²) in [6, 6.07) is 10.2. The van der Waals surface area contributed by atoms with Crippen LogP contribution in [0.15, 0.2) is 30.3 Å². The maximum atomic E-state index is 11.0. The molecule has 1 aromatic rings. The Morgan fingerprint density at radius 2 is 2.08 bits per heavy atom. The third-order valence-corrected chi connectivity index (χ3v) is 2.19. The molecule has 2 rings (SSSR count). The molecule has 0 saturated carbocycles. The van der Waals surface area contributed by atoms with Gasteiger partial charge >= 0.3 is 0 Å². The second-order valence-electron chi connectivity index (χ2n) is 3.09. The van der Waals surface area contributed by atoms with E-state index in [-0.39, 0.29) is 6.04 Å². The Morgan fingerprint density at radius 3 is 2.58 bits per heavy atom. The fourth-order valence-electron chi connectivity index (χ4n) is 1.37. The average molecular weight is 161 g/mol. The molecule has 12 heavy (non-hydrogen) atoms. The van der Waals surface area contributed by atoms with E-state index in [0.29, 0.717) is 12.3 Å². The molecule has 1 unspecified atom stereocenters. The molecule has 0 radical (unpaired) electrons. The van der Waals surface area contributed by atoms with Gasteiger partial charge in [-0.15, -0.1) is 0 Å². The first-order valence-electron chi connectivity index (χ1n) is 4.16. The quantitative estimate of drug-likeness (QED) is 0.694. The summed E-state index contributed by atoms with van der Waals surface area (Å²) < 4.78 is 0. The van der Waals surface area contributed by atoms with E-state index in [4.69, 9.17) is 0 Å². The molecular formula is C10H11NO. The van der Waals surface area contributed by atoms with Crippen molar-refractivity contribution in [3.8, 4) is 0 Å². The summed E-state index contributed by atoms with van der Waals surface area (Å²) in [4.78, 5) is 11.0. The molecule has 62 valence electrons. The lowest BCUT2D eigenvalue weighted by atomic mass is 9.97. The van der Waals surface area contributed by atoms with Crippen LogP contribution in [0, 0.1) is 0 Å². The van der Waals surface area contributed by atoms with Gasteiger partial charge in [-0.1, -0.05) is 30.3 Å². The highest BCUT2D eigenvalue weighted by Crippen LogP contribution is 2.07. The minimum Gasteiger partial charge on any atom is -0.300 e. The molecule has 0 aromatic heterocycles. The van der Waals surface area contributed by atoms with Crippen LogP contribution in [0.3, 0.4) is 0 Å². The first-order chi connectivity index (χ1) is 5.86. The van der Waals surface area contributed by atoms with Crippen molar-refractivity contribution in [1.29, 1.82) is 0 Å². The summed E-state index contributed by atoms with van der Waals surface area (Å²) in [7, 11) is 0. The highest BCUT2D eigenvalue weighted by Gasteiger charge is 2.26. The van der Waals surface area contributed by atoms with E-state index in [1.807, 2.05) is 30.3 Å². The Bertz CT molecular complexity index is 281. The van der Waals surface area contributed by atoms with Crippen molar-refractivity contribution in [2.75, 3.05) is 6.54 Å². The number of rotatable bonds is 2. The van der Waals surface area contributed by atoms with E-state index in [2.05, 4.69) is 5.32 Å². The molecule has 0 amide bonds. The number of hydrogen-bond acceptors (Lipinski definition) is 2. The van der Waals surface area contributed by atoms with Crippen molar-refractivity contribution < 1.29 is 4.79 Å². The van der Waals surface area contributed by atoms with Crippen molar-refractivity contribution in [3.05, 3.63) is 35.9 Å². The zero-order valence-corrected chi connectivity index (χ0v) is 6.79. The number of hydrogen-bond donors (Lipinski definition) is 1. The van der Waals surface area contributed by atoms with Gasteiger partial charge in [0.05, 0.1) is 12.6 Å². The minimum absolute atomic E-state index is 0.0763. The Morgan fingerprint density at radius 1 is 1.33 bits per heavy atom.